The molecule has 0 radical (unpaired) electrons. The van der Waals surface area contributed by atoms with Gasteiger partial charge in [-0.25, -0.2) is 0 Å². The van der Waals surface area contributed by atoms with Crippen LogP contribution in [0.1, 0.15) is 39.0 Å². The number of amides is 1. The normalized spacial score (nSPS) is 32.7. The molecule has 1 aliphatic heterocycles. The molecule has 0 bridgehead atoms. The molecule has 0 spiro atoms. The Labute approximate surface area is 113 Å². The summed E-state index contributed by atoms with van der Waals surface area (Å²) < 4.78 is 5.55. The van der Waals surface area contributed by atoms with Crippen molar-refractivity contribution in [1.29, 1.82) is 0 Å². The molecule has 0 aromatic rings. The summed E-state index contributed by atoms with van der Waals surface area (Å²) in [5, 5.41) is 8.97. The van der Waals surface area contributed by atoms with Gasteiger partial charge >= 0.3 is 5.97 Å². The average Bonchev–Trinajstić information content (AvgIpc) is 2.62. The smallest absolute Gasteiger partial charge is 0.306 e. The first-order valence-corrected chi connectivity index (χ1v) is 7.21. The Morgan fingerprint density at radius 3 is 2.42 bits per heavy atom. The molecular formula is C14H23NO4. The van der Waals surface area contributed by atoms with E-state index < -0.39 is 5.97 Å². The topological polar surface area (TPSA) is 66.8 Å². The van der Waals surface area contributed by atoms with Crippen molar-refractivity contribution in [2.75, 3.05) is 19.7 Å². The van der Waals surface area contributed by atoms with Crippen LogP contribution in [-0.4, -0.2) is 47.7 Å². The van der Waals surface area contributed by atoms with Crippen molar-refractivity contribution in [3.63, 3.8) is 0 Å². The fourth-order valence-electron chi connectivity index (χ4n) is 3.04. The summed E-state index contributed by atoms with van der Waals surface area (Å²) in [7, 11) is 0. The lowest BCUT2D eigenvalue weighted by Gasteiger charge is -2.31. The zero-order chi connectivity index (χ0) is 13.8. The summed E-state index contributed by atoms with van der Waals surface area (Å²) in [6, 6.07) is 0. The zero-order valence-corrected chi connectivity index (χ0v) is 11.5. The summed E-state index contributed by atoms with van der Waals surface area (Å²) in [5.74, 6) is -0.764. The molecule has 0 aromatic heterocycles. The van der Waals surface area contributed by atoms with Crippen LogP contribution in [0.4, 0.5) is 0 Å². The molecule has 5 nitrogen and oxygen atoms in total. The number of carboxylic acids is 1. The largest absolute Gasteiger partial charge is 0.481 e. The highest BCUT2D eigenvalue weighted by Crippen LogP contribution is 2.30. The van der Waals surface area contributed by atoms with E-state index in [0.717, 1.165) is 19.6 Å². The first kappa shape index (κ1) is 14.3. The maximum Gasteiger partial charge on any atom is 0.306 e. The average molecular weight is 269 g/mol. The Bertz CT molecular complexity index is 336. The van der Waals surface area contributed by atoms with Gasteiger partial charge in [-0.1, -0.05) is 0 Å². The molecule has 1 atom stereocenters. The molecule has 1 N–H and O–H groups in total. The second-order valence-corrected chi connectivity index (χ2v) is 5.71. The summed E-state index contributed by atoms with van der Waals surface area (Å²) in [6.45, 7) is 4.14. The Hall–Kier alpha value is -1.10. The van der Waals surface area contributed by atoms with Crippen LogP contribution >= 0.6 is 0 Å². The van der Waals surface area contributed by atoms with Gasteiger partial charge in [-0.2, -0.15) is 0 Å². The highest BCUT2D eigenvalue weighted by Gasteiger charge is 2.32. The number of aliphatic carboxylic acids is 1. The van der Waals surface area contributed by atoms with Gasteiger partial charge in [-0.15, -0.1) is 0 Å². The van der Waals surface area contributed by atoms with Crippen LogP contribution in [0, 0.1) is 11.8 Å². The first-order chi connectivity index (χ1) is 9.08. The third-order valence-corrected chi connectivity index (χ3v) is 4.19. The Kier molecular flexibility index (Phi) is 4.80. The van der Waals surface area contributed by atoms with Crippen molar-refractivity contribution >= 4 is 11.9 Å². The van der Waals surface area contributed by atoms with Crippen LogP contribution in [0.2, 0.25) is 0 Å². The van der Waals surface area contributed by atoms with Gasteiger partial charge in [-0.3, -0.25) is 9.59 Å². The van der Waals surface area contributed by atoms with E-state index in [0.29, 0.717) is 32.2 Å². The summed E-state index contributed by atoms with van der Waals surface area (Å²) in [6.07, 6.45) is 3.67. The highest BCUT2D eigenvalue weighted by molar-refractivity contribution is 5.79. The number of carboxylic acid groups (broad SMARTS) is 1. The van der Waals surface area contributed by atoms with Crippen LogP contribution in [0.15, 0.2) is 0 Å². The number of hydrogen-bond acceptors (Lipinski definition) is 3. The van der Waals surface area contributed by atoms with Crippen LogP contribution in [-0.2, 0) is 14.3 Å². The van der Waals surface area contributed by atoms with Gasteiger partial charge in [0.05, 0.1) is 12.0 Å². The minimum atomic E-state index is -0.720. The van der Waals surface area contributed by atoms with E-state index in [1.54, 1.807) is 0 Å². The zero-order valence-electron chi connectivity index (χ0n) is 11.5. The number of rotatable bonds is 2. The van der Waals surface area contributed by atoms with Crippen molar-refractivity contribution in [2.45, 2.75) is 45.1 Å². The van der Waals surface area contributed by atoms with E-state index >= 15 is 0 Å². The van der Waals surface area contributed by atoms with Gasteiger partial charge in [0.1, 0.15) is 0 Å². The van der Waals surface area contributed by atoms with Gasteiger partial charge in [0.25, 0.3) is 0 Å². The lowest BCUT2D eigenvalue weighted by molar-refractivity contribution is -0.145. The predicted octanol–water partition coefficient (Wildman–Crippen LogP) is 1.51. The molecule has 1 heterocycles. The van der Waals surface area contributed by atoms with Gasteiger partial charge in [0.2, 0.25) is 5.91 Å². The van der Waals surface area contributed by atoms with E-state index in [1.807, 2.05) is 11.8 Å². The molecule has 2 fully saturated rings. The van der Waals surface area contributed by atoms with Gasteiger partial charge < -0.3 is 14.7 Å². The van der Waals surface area contributed by atoms with Crippen molar-refractivity contribution in [1.82, 2.24) is 4.90 Å². The number of hydrogen-bond donors (Lipinski definition) is 1. The Morgan fingerprint density at radius 2 is 1.79 bits per heavy atom. The first-order valence-electron chi connectivity index (χ1n) is 7.21. The molecule has 1 saturated carbocycles. The molecule has 19 heavy (non-hydrogen) atoms. The number of carbonyl (C=O) groups is 2. The van der Waals surface area contributed by atoms with E-state index in [-0.39, 0.29) is 23.8 Å². The fourth-order valence-corrected chi connectivity index (χ4v) is 3.04. The Balaban J connectivity index is 1.88. The van der Waals surface area contributed by atoms with Crippen molar-refractivity contribution in [3.8, 4) is 0 Å². The molecule has 108 valence electrons. The maximum absolute atomic E-state index is 12.5. The quantitative estimate of drug-likeness (QED) is 0.825. The summed E-state index contributed by atoms with van der Waals surface area (Å²) >= 11 is 0. The van der Waals surface area contributed by atoms with Gasteiger partial charge in [0, 0.05) is 25.6 Å². The van der Waals surface area contributed by atoms with Crippen molar-refractivity contribution in [3.05, 3.63) is 0 Å². The minimum absolute atomic E-state index is 0.0147. The van der Waals surface area contributed by atoms with Crippen LogP contribution in [0.25, 0.3) is 0 Å². The molecular weight excluding hydrogens is 246 g/mol. The monoisotopic (exact) mass is 269 g/mol. The summed E-state index contributed by atoms with van der Waals surface area (Å²) in [5.41, 5.74) is 0. The predicted molar refractivity (Wildman–Crippen MR) is 69.7 cm³/mol. The molecule has 0 aromatic carbocycles. The second-order valence-electron chi connectivity index (χ2n) is 5.71. The molecule has 2 rings (SSSR count). The molecule has 1 unspecified atom stereocenters. The molecule has 2 aliphatic rings. The highest BCUT2D eigenvalue weighted by atomic mass is 16.5. The van der Waals surface area contributed by atoms with Crippen molar-refractivity contribution in [2.24, 2.45) is 11.8 Å². The summed E-state index contributed by atoms with van der Waals surface area (Å²) in [4.78, 5) is 25.3. The van der Waals surface area contributed by atoms with Crippen LogP contribution in [0.3, 0.4) is 0 Å². The lowest BCUT2D eigenvalue weighted by Crippen LogP contribution is -2.41. The maximum atomic E-state index is 12.5. The number of ether oxygens (including phenoxy) is 1. The van der Waals surface area contributed by atoms with Gasteiger partial charge in [0.15, 0.2) is 0 Å². The SMILES string of the molecule is CC1CN(C(=O)C2CCC(C(=O)O)CC2)CCCO1. The minimum Gasteiger partial charge on any atom is -0.481 e. The van der Waals surface area contributed by atoms with Crippen LogP contribution < -0.4 is 0 Å². The molecule has 1 amide bonds. The molecule has 5 heteroatoms. The molecule has 1 saturated heterocycles. The van der Waals surface area contributed by atoms with E-state index in [1.165, 1.54) is 0 Å². The third-order valence-electron chi connectivity index (χ3n) is 4.19. The van der Waals surface area contributed by atoms with E-state index in [4.69, 9.17) is 9.84 Å². The molecule has 1 aliphatic carbocycles. The number of carbonyl (C=O) groups excluding carboxylic acids is 1. The van der Waals surface area contributed by atoms with Gasteiger partial charge in [-0.05, 0) is 39.0 Å². The number of nitrogens with zero attached hydrogens (tertiary/aromatic N) is 1. The lowest BCUT2D eigenvalue weighted by atomic mass is 9.81. The van der Waals surface area contributed by atoms with Crippen molar-refractivity contribution < 1.29 is 19.4 Å². The Morgan fingerprint density at radius 1 is 1.16 bits per heavy atom. The fraction of sp³-hybridized carbons (Fsp3) is 0.857. The standard InChI is InChI=1S/C14H23NO4/c1-10-9-15(7-2-8-19-10)13(16)11-3-5-12(6-4-11)14(17)18/h10-12H,2-9H2,1H3,(H,17,18). The third kappa shape index (κ3) is 3.69. The van der Waals surface area contributed by atoms with E-state index in [9.17, 15) is 9.59 Å². The van der Waals surface area contributed by atoms with E-state index in [2.05, 4.69) is 0 Å². The second kappa shape index (κ2) is 6.37. The van der Waals surface area contributed by atoms with Crippen LogP contribution in [0.5, 0.6) is 0 Å².